The molecular formula is C12H9ClF3N3. The Kier molecular flexibility index (Phi) is 3.36. The van der Waals surface area contributed by atoms with Crippen LogP contribution in [-0.2, 0) is 6.18 Å². The van der Waals surface area contributed by atoms with Gasteiger partial charge in [0, 0.05) is 16.8 Å². The third kappa shape index (κ3) is 2.63. The highest BCUT2D eigenvalue weighted by Crippen LogP contribution is 2.35. The molecule has 0 fully saturated rings. The number of rotatable bonds is 1. The lowest BCUT2D eigenvalue weighted by molar-refractivity contribution is -0.137. The monoisotopic (exact) mass is 287 g/mol. The van der Waals surface area contributed by atoms with E-state index in [1.54, 1.807) is 6.92 Å². The van der Waals surface area contributed by atoms with E-state index in [2.05, 4.69) is 9.97 Å². The van der Waals surface area contributed by atoms with Gasteiger partial charge in [0.05, 0.1) is 11.3 Å². The lowest BCUT2D eigenvalue weighted by Crippen LogP contribution is -2.06. The zero-order chi connectivity index (χ0) is 14.2. The van der Waals surface area contributed by atoms with E-state index >= 15 is 0 Å². The molecule has 0 saturated heterocycles. The van der Waals surface area contributed by atoms with Gasteiger partial charge in [0.15, 0.2) is 0 Å². The molecule has 3 nitrogen and oxygen atoms in total. The minimum absolute atomic E-state index is 0.182. The highest BCUT2D eigenvalue weighted by atomic mass is 35.5. The average molecular weight is 288 g/mol. The molecule has 19 heavy (non-hydrogen) atoms. The van der Waals surface area contributed by atoms with Crippen LogP contribution in [0.2, 0.25) is 5.15 Å². The molecule has 2 aromatic rings. The first kappa shape index (κ1) is 13.6. The van der Waals surface area contributed by atoms with Crippen molar-refractivity contribution in [1.82, 2.24) is 9.97 Å². The zero-order valence-corrected chi connectivity index (χ0v) is 10.5. The maximum Gasteiger partial charge on any atom is 0.416 e. The van der Waals surface area contributed by atoms with Gasteiger partial charge in [0.25, 0.3) is 0 Å². The Hall–Kier alpha value is -1.82. The first-order valence-electron chi connectivity index (χ1n) is 5.25. The van der Waals surface area contributed by atoms with Crippen LogP contribution in [0.5, 0.6) is 0 Å². The molecule has 1 heterocycles. The van der Waals surface area contributed by atoms with E-state index < -0.39 is 11.7 Å². The molecule has 0 amide bonds. The molecule has 0 unspecified atom stereocenters. The van der Waals surface area contributed by atoms with Crippen molar-refractivity contribution < 1.29 is 13.2 Å². The standard InChI is InChI=1S/C12H9ClF3N3/c1-6-10(18-5-19-11(6)13)8-4-7(12(14,15)16)2-3-9(8)17/h2-5H,17H2,1H3. The summed E-state index contributed by atoms with van der Waals surface area (Å²) in [6.45, 7) is 1.62. The zero-order valence-electron chi connectivity index (χ0n) is 9.79. The fourth-order valence-electron chi connectivity index (χ4n) is 1.64. The number of hydrogen-bond donors (Lipinski definition) is 1. The number of nitrogens with two attached hydrogens (primary N) is 1. The van der Waals surface area contributed by atoms with Crippen LogP contribution < -0.4 is 5.73 Å². The fraction of sp³-hybridized carbons (Fsp3) is 0.167. The van der Waals surface area contributed by atoms with Crippen molar-refractivity contribution in [3.63, 3.8) is 0 Å². The van der Waals surface area contributed by atoms with Gasteiger partial charge in [0.2, 0.25) is 0 Å². The Bertz CT molecular complexity index is 626. The van der Waals surface area contributed by atoms with Gasteiger partial charge in [-0.05, 0) is 25.1 Å². The third-order valence-electron chi connectivity index (χ3n) is 2.66. The number of nitrogen functional groups attached to an aromatic ring is 1. The summed E-state index contributed by atoms with van der Waals surface area (Å²) < 4.78 is 38.1. The summed E-state index contributed by atoms with van der Waals surface area (Å²) in [6.07, 6.45) is -3.25. The summed E-state index contributed by atoms with van der Waals surface area (Å²) in [6, 6.07) is 3.09. The van der Waals surface area contributed by atoms with E-state index in [1.807, 2.05) is 0 Å². The molecule has 2 rings (SSSR count). The highest BCUT2D eigenvalue weighted by Gasteiger charge is 2.31. The molecule has 0 aliphatic carbocycles. The van der Waals surface area contributed by atoms with Crippen LogP contribution in [0, 0.1) is 6.92 Å². The summed E-state index contributed by atoms with van der Waals surface area (Å²) in [4.78, 5) is 7.71. The summed E-state index contributed by atoms with van der Waals surface area (Å²) in [7, 11) is 0. The van der Waals surface area contributed by atoms with E-state index in [9.17, 15) is 13.2 Å². The van der Waals surface area contributed by atoms with E-state index in [1.165, 1.54) is 12.4 Å². The van der Waals surface area contributed by atoms with Crippen molar-refractivity contribution in [2.45, 2.75) is 13.1 Å². The first-order chi connectivity index (χ1) is 8.80. The van der Waals surface area contributed by atoms with Crippen LogP contribution in [0.4, 0.5) is 18.9 Å². The quantitative estimate of drug-likeness (QED) is 0.642. The predicted molar refractivity (Wildman–Crippen MR) is 66.6 cm³/mol. The maximum atomic E-state index is 12.7. The number of hydrogen-bond acceptors (Lipinski definition) is 3. The van der Waals surface area contributed by atoms with Gasteiger partial charge < -0.3 is 5.73 Å². The van der Waals surface area contributed by atoms with E-state index in [0.29, 0.717) is 11.3 Å². The molecule has 0 saturated carbocycles. The maximum absolute atomic E-state index is 12.7. The first-order valence-corrected chi connectivity index (χ1v) is 5.62. The van der Waals surface area contributed by atoms with E-state index in [4.69, 9.17) is 17.3 Å². The topological polar surface area (TPSA) is 51.8 Å². The molecule has 1 aromatic heterocycles. The lowest BCUT2D eigenvalue weighted by Gasteiger charge is -2.12. The number of halogens is 4. The molecule has 0 aliphatic rings. The van der Waals surface area contributed by atoms with E-state index in [0.717, 1.165) is 12.1 Å². The van der Waals surface area contributed by atoms with Crippen LogP contribution in [0.25, 0.3) is 11.3 Å². The Morgan fingerprint density at radius 2 is 1.89 bits per heavy atom. The summed E-state index contributed by atoms with van der Waals surface area (Å²) in [5.41, 5.74) is 6.09. The van der Waals surface area contributed by atoms with Crippen LogP contribution >= 0.6 is 11.6 Å². The molecule has 2 N–H and O–H groups in total. The van der Waals surface area contributed by atoms with Crippen LogP contribution in [0.1, 0.15) is 11.1 Å². The van der Waals surface area contributed by atoms with Gasteiger partial charge >= 0.3 is 6.18 Å². The summed E-state index contributed by atoms with van der Waals surface area (Å²) in [5, 5.41) is 0.182. The largest absolute Gasteiger partial charge is 0.416 e. The molecular weight excluding hydrogens is 279 g/mol. The lowest BCUT2D eigenvalue weighted by atomic mass is 10.0. The fourth-order valence-corrected chi connectivity index (χ4v) is 1.77. The number of nitrogens with zero attached hydrogens (tertiary/aromatic N) is 2. The number of alkyl halides is 3. The van der Waals surface area contributed by atoms with Crippen molar-refractivity contribution >= 4 is 17.3 Å². The normalized spacial score (nSPS) is 11.6. The molecule has 0 aliphatic heterocycles. The van der Waals surface area contributed by atoms with Crippen molar-refractivity contribution in [3.8, 4) is 11.3 Å². The predicted octanol–water partition coefficient (Wildman–Crippen LogP) is 3.71. The molecule has 0 bridgehead atoms. The Morgan fingerprint density at radius 1 is 1.21 bits per heavy atom. The van der Waals surface area contributed by atoms with Gasteiger partial charge in [-0.25, -0.2) is 9.97 Å². The SMILES string of the molecule is Cc1c(Cl)ncnc1-c1cc(C(F)(F)F)ccc1N. The van der Waals surface area contributed by atoms with Crippen molar-refractivity contribution in [1.29, 1.82) is 0 Å². The molecule has 0 radical (unpaired) electrons. The summed E-state index contributed by atoms with van der Waals surface area (Å²) >= 11 is 5.83. The van der Waals surface area contributed by atoms with Crippen LogP contribution in [0.15, 0.2) is 24.5 Å². The molecule has 100 valence electrons. The molecule has 7 heteroatoms. The smallest absolute Gasteiger partial charge is 0.398 e. The number of aromatic nitrogens is 2. The second kappa shape index (κ2) is 4.70. The minimum atomic E-state index is -4.44. The van der Waals surface area contributed by atoms with Gasteiger partial charge in [0.1, 0.15) is 11.5 Å². The molecule has 0 atom stereocenters. The van der Waals surface area contributed by atoms with Crippen LogP contribution in [0.3, 0.4) is 0 Å². The van der Waals surface area contributed by atoms with Gasteiger partial charge in [-0.3, -0.25) is 0 Å². The van der Waals surface area contributed by atoms with Crippen LogP contribution in [-0.4, -0.2) is 9.97 Å². The van der Waals surface area contributed by atoms with Crippen molar-refractivity contribution in [2.24, 2.45) is 0 Å². The number of anilines is 1. The summed E-state index contributed by atoms with van der Waals surface area (Å²) in [5.74, 6) is 0. The highest BCUT2D eigenvalue weighted by molar-refractivity contribution is 6.30. The van der Waals surface area contributed by atoms with Gasteiger partial charge in [-0.2, -0.15) is 13.2 Å². The Morgan fingerprint density at radius 3 is 2.53 bits per heavy atom. The third-order valence-corrected chi connectivity index (χ3v) is 3.04. The van der Waals surface area contributed by atoms with Crippen molar-refractivity contribution in [3.05, 3.63) is 40.8 Å². The Balaban J connectivity index is 2.65. The van der Waals surface area contributed by atoms with Crippen molar-refractivity contribution in [2.75, 3.05) is 5.73 Å². The van der Waals surface area contributed by atoms with Gasteiger partial charge in [-0.15, -0.1) is 0 Å². The number of benzene rings is 1. The second-order valence-electron chi connectivity index (χ2n) is 3.94. The minimum Gasteiger partial charge on any atom is -0.398 e. The van der Waals surface area contributed by atoms with E-state index in [-0.39, 0.29) is 16.4 Å². The average Bonchev–Trinajstić information content (AvgIpc) is 2.32. The van der Waals surface area contributed by atoms with Gasteiger partial charge in [-0.1, -0.05) is 11.6 Å². The Labute approximate surface area is 112 Å². The second-order valence-corrected chi connectivity index (χ2v) is 4.30. The molecule has 1 aromatic carbocycles. The molecule has 0 spiro atoms.